The van der Waals surface area contributed by atoms with E-state index in [4.69, 9.17) is 11.6 Å². The van der Waals surface area contributed by atoms with Crippen LogP contribution < -0.4 is 5.32 Å². The summed E-state index contributed by atoms with van der Waals surface area (Å²) < 4.78 is 14.4. The summed E-state index contributed by atoms with van der Waals surface area (Å²) in [7, 11) is 0. The second kappa shape index (κ2) is 5.24. The Kier molecular flexibility index (Phi) is 3.55. The van der Waals surface area contributed by atoms with Crippen LogP contribution in [0.2, 0.25) is 5.02 Å². The SMILES string of the molecule is O=C1Cc2cc(C(=O)c3ccc(Br)cc3F)c(Cl)cc2N1. The third-order valence-electron chi connectivity index (χ3n) is 3.24. The molecular formula is C15H8BrClFNO2. The molecule has 0 aromatic heterocycles. The number of benzene rings is 2. The van der Waals surface area contributed by atoms with Gasteiger partial charge in [0, 0.05) is 15.7 Å². The average molecular weight is 369 g/mol. The summed E-state index contributed by atoms with van der Waals surface area (Å²) >= 11 is 9.22. The fraction of sp³-hybridized carbons (Fsp3) is 0.0667. The maximum Gasteiger partial charge on any atom is 0.228 e. The molecule has 1 N–H and O–H groups in total. The first-order valence-corrected chi connectivity index (χ1v) is 7.25. The van der Waals surface area contributed by atoms with E-state index in [9.17, 15) is 14.0 Å². The Balaban J connectivity index is 2.06. The van der Waals surface area contributed by atoms with Crippen LogP contribution in [0.25, 0.3) is 0 Å². The Bertz CT molecular complexity index is 791. The van der Waals surface area contributed by atoms with E-state index in [2.05, 4.69) is 21.2 Å². The van der Waals surface area contributed by atoms with Gasteiger partial charge in [0.2, 0.25) is 5.91 Å². The fourth-order valence-corrected chi connectivity index (χ4v) is 2.82. The minimum atomic E-state index is -0.625. The van der Waals surface area contributed by atoms with E-state index in [1.165, 1.54) is 18.2 Å². The van der Waals surface area contributed by atoms with Crippen LogP contribution in [0, 0.1) is 5.82 Å². The van der Waals surface area contributed by atoms with Gasteiger partial charge >= 0.3 is 0 Å². The van der Waals surface area contributed by atoms with Gasteiger partial charge in [-0.25, -0.2) is 4.39 Å². The number of fused-ring (bicyclic) bond motifs is 1. The standard InChI is InChI=1S/C15H8BrClFNO2/c16-8-1-2-9(12(18)5-8)15(21)10-3-7-4-14(20)19-13(7)6-11(10)17/h1-3,5-6H,4H2,(H,19,20). The zero-order chi connectivity index (χ0) is 15.1. The molecule has 0 radical (unpaired) electrons. The third kappa shape index (κ3) is 2.59. The fourth-order valence-electron chi connectivity index (χ4n) is 2.24. The van der Waals surface area contributed by atoms with E-state index >= 15 is 0 Å². The molecule has 1 heterocycles. The van der Waals surface area contributed by atoms with Gasteiger partial charge in [0.1, 0.15) is 5.82 Å². The molecule has 6 heteroatoms. The van der Waals surface area contributed by atoms with Gasteiger partial charge in [-0.1, -0.05) is 27.5 Å². The molecule has 0 saturated carbocycles. The molecule has 1 amide bonds. The Morgan fingerprint density at radius 3 is 2.71 bits per heavy atom. The number of halogens is 3. The second-order valence-electron chi connectivity index (χ2n) is 4.67. The van der Waals surface area contributed by atoms with Crippen LogP contribution in [-0.2, 0) is 11.2 Å². The molecule has 0 atom stereocenters. The molecule has 0 aliphatic carbocycles. The molecule has 21 heavy (non-hydrogen) atoms. The average Bonchev–Trinajstić information content (AvgIpc) is 2.76. The van der Waals surface area contributed by atoms with Crippen molar-refractivity contribution in [2.75, 3.05) is 5.32 Å². The lowest BCUT2D eigenvalue weighted by atomic mass is 9.99. The summed E-state index contributed by atoms with van der Waals surface area (Å²) in [6, 6.07) is 7.27. The lowest BCUT2D eigenvalue weighted by molar-refractivity contribution is -0.115. The van der Waals surface area contributed by atoms with Crippen molar-refractivity contribution >= 4 is 44.9 Å². The lowest BCUT2D eigenvalue weighted by Crippen LogP contribution is -2.06. The first-order valence-electron chi connectivity index (χ1n) is 6.08. The topological polar surface area (TPSA) is 46.2 Å². The molecule has 0 saturated heterocycles. The highest BCUT2D eigenvalue weighted by molar-refractivity contribution is 9.10. The van der Waals surface area contributed by atoms with Gasteiger partial charge in [0.05, 0.1) is 17.0 Å². The summed E-state index contributed by atoms with van der Waals surface area (Å²) in [4.78, 5) is 23.8. The van der Waals surface area contributed by atoms with E-state index in [-0.39, 0.29) is 28.5 Å². The van der Waals surface area contributed by atoms with Gasteiger partial charge in [-0.15, -0.1) is 0 Å². The number of amides is 1. The van der Waals surface area contributed by atoms with Gasteiger partial charge in [0.15, 0.2) is 5.78 Å². The smallest absolute Gasteiger partial charge is 0.228 e. The van der Waals surface area contributed by atoms with Crippen molar-refractivity contribution in [3.05, 3.63) is 62.3 Å². The predicted molar refractivity (Wildman–Crippen MR) is 81.3 cm³/mol. The monoisotopic (exact) mass is 367 g/mol. The first-order chi connectivity index (χ1) is 9.95. The summed E-state index contributed by atoms with van der Waals surface area (Å²) in [5, 5.41) is 2.83. The largest absolute Gasteiger partial charge is 0.325 e. The number of anilines is 1. The van der Waals surface area contributed by atoms with Crippen molar-refractivity contribution in [1.29, 1.82) is 0 Å². The Hall–Kier alpha value is -1.72. The summed E-state index contributed by atoms with van der Waals surface area (Å²) in [5.41, 5.74) is 1.41. The number of carbonyl (C=O) groups excluding carboxylic acids is 2. The number of carbonyl (C=O) groups is 2. The van der Waals surface area contributed by atoms with Gasteiger partial charge in [0.25, 0.3) is 0 Å². The molecule has 0 fully saturated rings. The van der Waals surface area contributed by atoms with Crippen LogP contribution in [0.1, 0.15) is 21.5 Å². The number of nitrogens with one attached hydrogen (secondary N) is 1. The maximum atomic E-state index is 13.9. The molecule has 106 valence electrons. The Morgan fingerprint density at radius 1 is 1.24 bits per heavy atom. The minimum absolute atomic E-state index is 0.0580. The minimum Gasteiger partial charge on any atom is -0.325 e. The van der Waals surface area contributed by atoms with Crippen LogP contribution >= 0.6 is 27.5 Å². The van der Waals surface area contributed by atoms with E-state index in [1.54, 1.807) is 12.1 Å². The number of rotatable bonds is 2. The predicted octanol–water partition coefficient (Wildman–Crippen LogP) is 3.97. The van der Waals surface area contributed by atoms with E-state index in [0.717, 1.165) is 0 Å². The summed E-state index contributed by atoms with van der Waals surface area (Å²) in [6.07, 6.45) is 0.190. The highest BCUT2D eigenvalue weighted by atomic mass is 79.9. The highest BCUT2D eigenvalue weighted by Gasteiger charge is 2.23. The molecule has 0 bridgehead atoms. The number of hydrogen-bond acceptors (Lipinski definition) is 2. The molecule has 2 aromatic carbocycles. The molecule has 0 spiro atoms. The first kappa shape index (κ1) is 14.2. The number of ketones is 1. The van der Waals surface area contributed by atoms with Crippen LogP contribution in [0.5, 0.6) is 0 Å². The zero-order valence-corrected chi connectivity index (χ0v) is 12.9. The van der Waals surface area contributed by atoms with Gasteiger partial charge in [-0.3, -0.25) is 9.59 Å². The van der Waals surface area contributed by atoms with Crippen molar-refractivity contribution < 1.29 is 14.0 Å². The van der Waals surface area contributed by atoms with E-state index < -0.39 is 11.6 Å². The second-order valence-corrected chi connectivity index (χ2v) is 5.99. The van der Waals surface area contributed by atoms with Crippen LogP contribution in [-0.4, -0.2) is 11.7 Å². The van der Waals surface area contributed by atoms with Crippen molar-refractivity contribution in [2.24, 2.45) is 0 Å². The molecule has 3 nitrogen and oxygen atoms in total. The lowest BCUT2D eigenvalue weighted by Gasteiger charge is -2.08. The van der Waals surface area contributed by atoms with Crippen molar-refractivity contribution in [1.82, 2.24) is 0 Å². The quantitative estimate of drug-likeness (QED) is 0.815. The Labute approximate surface area is 133 Å². The molecule has 1 aliphatic rings. The van der Waals surface area contributed by atoms with E-state index in [1.807, 2.05) is 0 Å². The summed E-state index contributed by atoms with van der Waals surface area (Å²) in [5.74, 6) is -1.28. The Morgan fingerprint density at radius 2 is 2.00 bits per heavy atom. The summed E-state index contributed by atoms with van der Waals surface area (Å²) in [6.45, 7) is 0. The molecule has 1 aliphatic heterocycles. The highest BCUT2D eigenvalue weighted by Crippen LogP contribution is 2.31. The van der Waals surface area contributed by atoms with Crippen molar-refractivity contribution in [3.8, 4) is 0 Å². The number of hydrogen-bond donors (Lipinski definition) is 1. The molecule has 0 unspecified atom stereocenters. The third-order valence-corrected chi connectivity index (χ3v) is 4.04. The normalized spacial score (nSPS) is 13.0. The molecule has 2 aromatic rings. The van der Waals surface area contributed by atoms with Crippen LogP contribution in [0.4, 0.5) is 10.1 Å². The maximum absolute atomic E-state index is 13.9. The van der Waals surface area contributed by atoms with Gasteiger partial charge in [-0.05, 0) is 35.9 Å². The molecular weight excluding hydrogens is 361 g/mol. The van der Waals surface area contributed by atoms with E-state index in [0.29, 0.717) is 15.7 Å². The molecule has 3 rings (SSSR count). The zero-order valence-electron chi connectivity index (χ0n) is 10.5. The van der Waals surface area contributed by atoms with Crippen molar-refractivity contribution in [3.63, 3.8) is 0 Å². The van der Waals surface area contributed by atoms with Crippen molar-refractivity contribution in [2.45, 2.75) is 6.42 Å². The van der Waals surface area contributed by atoms with Gasteiger partial charge in [-0.2, -0.15) is 0 Å². The van der Waals surface area contributed by atoms with Gasteiger partial charge < -0.3 is 5.32 Å². The van der Waals surface area contributed by atoms with Crippen LogP contribution in [0.3, 0.4) is 0 Å². The van der Waals surface area contributed by atoms with Crippen LogP contribution in [0.15, 0.2) is 34.8 Å².